The van der Waals surface area contributed by atoms with Crippen LogP contribution in [0.5, 0.6) is 0 Å². The number of amides is 2. The van der Waals surface area contributed by atoms with Crippen LogP contribution in [0.15, 0.2) is 30.3 Å². The molecule has 0 aliphatic carbocycles. The van der Waals surface area contributed by atoms with Crippen LogP contribution in [0.4, 0.5) is 9.39 Å². The van der Waals surface area contributed by atoms with Gasteiger partial charge in [0.05, 0.1) is 9.88 Å². The van der Waals surface area contributed by atoms with E-state index in [-0.39, 0.29) is 17.4 Å². The van der Waals surface area contributed by atoms with Crippen molar-refractivity contribution < 1.29 is 14.0 Å². The molecule has 2 atom stereocenters. The number of carbonyl (C=O) groups is 2. The molecular weight excluding hydrogens is 365 g/mol. The molecule has 2 aliphatic rings. The molecule has 5 nitrogen and oxygen atoms in total. The lowest BCUT2D eigenvalue weighted by molar-refractivity contribution is 0.0780. The van der Waals surface area contributed by atoms with Gasteiger partial charge in [0.1, 0.15) is 5.82 Å². The fourth-order valence-corrected chi connectivity index (χ4v) is 5.14. The highest BCUT2D eigenvalue weighted by Gasteiger charge is 2.41. The van der Waals surface area contributed by atoms with Crippen molar-refractivity contribution in [3.05, 3.63) is 52.2 Å². The summed E-state index contributed by atoms with van der Waals surface area (Å²) >= 11 is 1.28. The van der Waals surface area contributed by atoms with Crippen molar-refractivity contribution in [3.63, 3.8) is 0 Å². The summed E-state index contributed by atoms with van der Waals surface area (Å²) in [7, 11) is 2.13. The van der Waals surface area contributed by atoms with Crippen LogP contribution in [-0.2, 0) is 0 Å². The van der Waals surface area contributed by atoms with Crippen molar-refractivity contribution in [2.24, 2.45) is 11.8 Å². The summed E-state index contributed by atoms with van der Waals surface area (Å²) in [6.45, 7) is 5.58. The predicted molar refractivity (Wildman–Crippen MR) is 104 cm³/mol. The number of rotatable bonds is 3. The number of carbonyl (C=O) groups excluding carboxylic acids is 2. The number of fused-ring (bicyclic) bond motifs is 1. The fraction of sp³-hybridized carbons (Fsp3) is 0.400. The zero-order chi connectivity index (χ0) is 19.1. The van der Waals surface area contributed by atoms with Crippen LogP contribution >= 0.6 is 11.3 Å². The maximum atomic E-state index is 13.3. The monoisotopic (exact) mass is 387 g/mol. The quantitative estimate of drug-likeness (QED) is 0.881. The number of anilines is 1. The Bertz CT molecular complexity index is 883. The summed E-state index contributed by atoms with van der Waals surface area (Å²) in [5.41, 5.74) is 1.11. The van der Waals surface area contributed by atoms with Crippen molar-refractivity contribution in [2.45, 2.75) is 6.92 Å². The molecule has 0 unspecified atom stereocenters. The Hall–Kier alpha value is -2.25. The molecule has 0 radical (unpaired) electrons. The zero-order valence-corrected chi connectivity index (χ0v) is 16.2. The second kappa shape index (κ2) is 7.05. The smallest absolute Gasteiger partial charge is 0.264 e. The van der Waals surface area contributed by atoms with Crippen LogP contribution in [0.1, 0.15) is 25.6 Å². The summed E-state index contributed by atoms with van der Waals surface area (Å²) in [5.74, 6) is 0.332. The molecular formula is C20H22FN3O2S. The molecule has 3 heterocycles. The second-order valence-electron chi connectivity index (χ2n) is 7.54. The highest BCUT2D eigenvalue weighted by atomic mass is 32.1. The van der Waals surface area contributed by atoms with E-state index in [1.807, 2.05) is 11.8 Å². The van der Waals surface area contributed by atoms with Gasteiger partial charge in [-0.1, -0.05) is 6.07 Å². The first kappa shape index (κ1) is 18.1. The third-order valence-corrected chi connectivity index (χ3v) is 6.53. The summed E-state index contributed by atoms with van der Waals surface area (Å²) < 4.78 is 13.3. The molecule has 0 saturated carbocycles. The third-order valence-electron chi connectivity index (χ3n) is 5.39. The molecule has 142 valence electrons. The normalized spacial score (nSPS) is 22.1. The highest BCUT2D eigenvalue weighted by Crippen LogP contribution is 2.34. The minimum Gasteiger partial charge on any atom is -0.337 e. The zero-order valence-electron chi connectivity index (χ0n) is 15.4. The molecule has 0 spiro atoms. The van der Waals surface area contributed by atoms with Crippen molar-refractivity contribution in [3.8, 4) is 0 Å². The Labute approximate surface area is 161 Å². The Morgan fingerprint density at radius 1 is 1.15 bits per heavy atom. The fourth-order valence-electron chi connectivity index (χ4n) is 4.11. The van der Waals surface area contributed by atoms with Crippen molar-refractivity contribution >= 4 is 28.2 Å². The first-order chi connectivity index (χ1) is 12.9. The molecule has 1 aromatic heterocycles. The molecule has 4 rings (SSSR count). The van der Waals surface area contributed by atoms with E-state index in [4.69, 9.17) is 0 Å². The molecule has 2 aromatic rings. The van der Waals surface area contributed by atoms with Crippen LogP contribution in [0.3, 0.4) is 0 Å². The van der Waals surface area contributed by atoms with Crippen LogP contribution < -0.4 is 5.32 Å². The maximum absolute atomic E-state index is 13.3. The van der Waals surface area contributed by atoms with Crippen LogP contribution in [0.2, 0.25) is 0 Å². The number of likely N-dealkylation sites (tertiary alicyclic amines) is 2. The van der Waals surface area contributed by atoms with E-state index >= 15 is 0 Å². The van der Waals surface area contributed by atoms with Crippen LogP contribution in [0.25, 0.3) is 0 Å². The first-order valence-electron chi connectivity index (χ1n) is 9.06. The van der Waals surface area contributed by atoms with Gasteiger partial charge in [-0.15, -0.1) is 11.3 Å². The third kappa shape index (κ3) is 3.61. The first-order valence-corrected chi connectivity index (χ1v) is 9.87. The number of aryl methyl sites for hydroxylation is 1. The Kier molecular flexibility index (Phi) is 4.74. The average Bonchev–Trinajstić information content (AvgIpc) is 3.26. The lowest BCUT2D eigenvalue weighted by Gasteiger charge is -2.19. The van der Waals surface area contributed by atoms with Crippen molar-refractivity contribution in [1.29, 1.82) is 0 Å². The van der Waals surface area contributed by atoms with E-state index in [0.29, 0.717) is 21.7 Å². The molecule has 7 heteroatoms. The van der Waals surface area contributed by atoms with Gasteiger partial charge in [-0.05, 0) is 55.6 Å². The van der Waals surface area contributed by atoms with Crippen molar-refractivity contribution in [1.82, 2.24) is 9.80 Å². The summed E-state index contributed by atoms with van der Waals surface area (Å²) in [4.78, 5) is 30.2. The lowest BCUT2D eigenvalue weighted by Crippen LogP contribution is -2.32. The van der Waals surface area contributed by atoms with E-state index in [9.17, 15) is 14.0 Å². The number of hydrogen-bond acceptors (Lipinski definition) is 4. The van der Waals surface area contributed by atoms with E-state index in [1.165, 1.54) is 29.5 Å². The molecule has 0 bridgehead atoms. The van der Waals surface area contributed by atoms with E-state index in [1.54, 1.807) is 12.1 Å². The maximum Gasteiger partial charge on any atom is 0.264 e. The molecule has 2 fully saturated rings. The highest BCUT2D eigenvalue weighted by molar-refractivity contribution is 7.18. The molecule has 1 aromatic carbocycles. The average molecular weight is 387 g/mol. The van der Waals surface area contributed by atoms with E-state index in [2.05, 4.69) is 17.3 Å². The van der Waals surface area contributed by atoms with E-state index < -0.39 is 5.82 Å². The van der Waals surface area contributed by atoms with Gasteiger partial charge in [-0.25, -0.2) is 4.39 Å². The van der Waals surface area contributed by atoms with Crippen LogP contribution in [0, 0.1) is 24.6 Å². The predicted octanol–water partition coefficient (Wildman–Crippen LogP) is 3.08. The number of benzene rings is 1. The lowest BCUT2D eigenvalue weighted by atomic mass is 10.0. The van der Waals surface area contributed by atoms with E-state index in [0.717, 1.165) is 31.7 Å². The van der Waals surface area contributed by atoms with Crippen molar-refractivity contribution in [2.75, 3.05) is 38.5 Å². The summed E-state index contributed by atoms with van der Waals surface area (Å²) in [5, 5.41) is 3.37. The Morgan fingerprint density at radius 2 is 1.85 bits per heavy atom. The van der Waals surface area contributed by atoms with Gasteiger partial charge < -0.3 is 15.1 Å². The van der Waals surface area contributed by atoms with Gasteiger partial charge in [0.25, 0.3) is 11.8 Å². The molecule has 2 amide bonds. The molecule has 2 saturated heterocycles. The Morgan fingerprint density at radius 3 is 2.52 bits per heavy atom. The largest absolute Gasteiger partial charge is 0.337 e. The SMILES string of the molecule is Cc1cc(NC(=O)c2cccc(F)c2)sc1C(=O)N1C[C@H]2CN(C)C[C@H]2C1. The minimum absolute atomic E-state index is 0.0424. The summed E-state index contributed by atoms with van der Waals surface area (Å²) in [6.07, 6.45) is 0. The van der Waals surface area contributed by atoms with Gasteiger partial charge >= 0.3 is 0 Å². The number of nitrogens with one attached hydrogen (secondary N) is 1. The second-order valence-corrected chi connectivity index (χ2v) is 8.59. The standard InChI is InChI=1S/C20H22FN3O2S/c1-12-6-17(22-19(25)13-4-3-5-16(21)7-13)27-18(12)20(26)24-10-14-8-23(2)9-15(14)11-24/h3-7,14-15H,8-11H2,1-2H3,(H,22,25)/t14-,15+. The van der Waals surface area contributed by atoms with Gasteiger partial charge in [0.15, 0.2) is 0 Å². The Balaban J connectivity index is 1.45. The number of hydrogen-bond donors (Lipinski definition) is 1. The number of thiophene rings is 1. The minimum atomic E-state index is -0.453. The van der Waals surface area contributed by atoms with Gasteiger partial charge in [0, 0.05) is 31.7 Å². The molecule has 27 heavy (non-hydrogen) atoms. The molecule has 1 N–H and O–H groups in total. The van der Waals surface area contributed by atoms with Gasteiger partial charge in [-0.2, -0.15) is 0 Å². The topological polar surface area (TPSA) is 52.7 Å². The van der Waals surface area contributed by atoms with Crippen LogP contribution in [-0.4, -0.2) is 54.8 Å². The molecule has 2 aliphatic heterocycles. The number of halogens is 1. The number of nitrogens with zero attached hydrogens (tertiary/aromatic N) is 2. The summed E-state index contributed by atoms with van der Waals surface area (Å²) in [6, 6.07) is 7.36. The van der Waals surface area contributed by atoms with Gasteiger partial charge in [-0.3, -0.25) is 9.59 Å². The van der Waals surface area contributed by atoms with Gasteiger partial charge in [0.2, 0.25) is 0 Å².